The van der Waals surface area contributed by atoms with Crippen molar-refractivity contribution in [2.24, 2.45) is 0 Å². The lowest BCUT2D eigenvalue weighted by molar-refractivity contribution is 0.630. The van der Waals surface area contributed by atoms with Gasteiger partial charge >= 0.3 is 0 Å². The molecule has 8 rings (SSSR count). The van der Waals surface area contributed by atoms with Crippen LogP contribution in [-0.4, -0.2) is 4.98 Å². The summed E-state index contributed by atoms with van der Waals surface area (Å²) in [4.78, 5) is 10.3. The zero-order valence-corrected chi connectivity index (χ0v) is 22.3. The van der Waals surface area contributed by atoms with Gasteiger partial charge in [-0.25, -0.2) is 9.37 Å². The molecule has 1 nitrogen and oxygen atoms in total. The van der Waals surface area contributed by atoms with Crippen molar-refractivity contribution in [3.63, 3.8) is 0 Å². The molecule has 0 saturated carbocycles. The molecule has 0 bridgehead atoms. The standard InChI is InChI=1S/C35H20FNS2/c36-22-16-18-25-23-7-1-2-8-24(23)28-19-21(15-17-26(28)29(25)20-22)30-10-6-11-31(37-30)27-9-5-14-34-35(27)39-33-13-4-3-12-32(33)38-34/h1-20H. The molecule has 1 aliphatic rings. The molecule has 39 heavy (non-hydrogen) atoms. The van der Waals surface area contributed by atoms with E-state index in [-0.39, 0.29) is 5.82 Å². The third-order valence-electron chi connectivity index (χ3n) is 7.38. The maximum Gasteiger partial charge on any atom is 0.123 e. The number of pyridine rings is 1. The number of halogens is 1. The molecule has 7 aromatic rings. The number of nitrogens with zero attached hydrogens (tertiary/aromatic N) is 1. The summed E-state index contributed by atoms with van der Waals surface area (Å²) >= 11 is 3.64. The zero-order chi connectivity index (χ0) is 25.9. The van der Waals surface area contributed by atoms with E-state index >= 15 is 0 Å². The average molecular weight is 538 g/mol. The summed E-state index contributed by atoms with van der Waals surface area (Å²) in [6.45, 7) is 0. The van der Waals surface area contributed by atoms with Gasteiger partial charge in [0.15, 0.2) is 0 Å². The number of aromatic nitrogens is 1. The Balaban J connectivity index is 1.29. The number of hydrogen-bond acceptors (Lipinski definition) is 3. The SMILES string of the molecule is Fc1ccc2c3ccccc3c3cc(-c4cccc(-c5cccc6c5Sc5ccccc5S6)n4)ccc3c2c1. The second-order valence-electron chi connectivity index (χ2n) is 9.69. The van der Waals surface area contributed by atoms with Crippen molar-refractivity contribution in [3.05, 3.63) is 127 Å². The Morgan fingerprint density at radius 2 is 1.08 bits per heavy atom. The monoisotopic (exact) mass is 537 g/mol. The van der Waals surface area contributed by atoms with E-state index in [4.69, 9.17) is 4.98 Å². The Kier molecular flexibility index (Phi) is 5.25. The normalized spacial score (nSPS) is 12.5. The second kappa shape index (κ2) is 8.98. The van der Waals surface area contributed by atoms with E-state index in [1.807, 2.05) is 35.7 Å². The van der Waals surface area contributed by atoms with Gasteiger partial charge in [0.25, 0.3) is 0 Å². The molecule has 0 atom stereocenters. The maximum atomic E-state index is 14.3. The van der Waals surface area contributed by atoms with Crippen molar-refractivity contribution in [2.75, 3.05) is 0 Å². The highest BCUT2D eigenvalue weighted by molar-refractivity contribution is 8.05. The average Bonchev–Trinajstić information content (AvgIpc) is 2.99. The number of hydrogen-bond donors (Lipinski definition) is 0. The summed E-state index contributed by atoms with van der Waals surface area (Å²) in [7, 11) is 0. The number of rotatable bonds is 2. The summed E-state index contributed by atoms with van der Waals surface area (Å²) < 4.78 is 14.3. The Bertz CT molecular complexity index is 2100. The lowest BCUT2D eigenvalue weighted by atomic mass is 9.92. The van der Waals surface area contributed by atoms with Crippen LogP contribution in [0.2, 0.25) is 0 Å². The molecular weight excluding hydrogens is 518 g/mol. The van der Waals surface area contributed by atoms with Gasteiger partial charge in [-0.2, -0.15) is 0 Å². The van der Waals surface area contributed by atoms with Crippen molar-refractivity contribution in [1.29, 1.82) is 0 Å². The fourth-order valence-electron chi connectivity index (χ4n) is 5.58. The van der Waals surface area contributed by atoms with Crippen molar-refractivity contribution in [2.45, 2.75) is 19.6 Å². The fraction of sp³-hybridized carbons (Fsp3) is 0. The molecule has 1 aromatic heterocycles. The van der Waals surface area contributed by atoms with Gasteiger partial charge in [0.1, 0.15) is 5.82 Å². The molecule has 0 spiro atoms. The Morgan fingerprint density at radius 1 is 0.462 bits per heavy atom. The predicted molar refractivity (Wildman–Crippen MR) is 162 cm³/mol. The van der Waals surface area contributed by atoms with Crippen LogP contribution in [0.3, 0.4) is 0 Å². The predicted octanol–water partition coefficient (Wildman–Crippen LogP) is 10.6. The first-order chi connectivity index (χ1) is 19.2. The molecule has 2 heterocycles. The van der Waals surface area contributed by atoms with Crippen LogP contribution in [0.1, 0.15) is 0 Å². The third kappa shape index (κ3) is 3.75. The number of fused-ring (bicyclic) bond motifs is 8. The van der Waals surface area contributed by atoms with Gasteiger partial charge in [-0.05, 0) is 80.8 Å². The first-order valence-corrected chi connectivity index (χ1v) is 14.5. The van der Waals surface area contributed by atoms with Crippen LogP contribution in [0.4, 0.5) is 4.39 Å². The quantitative estimate of drug-likeness (QED) is 0.204. The molecule has 4 heteroatoms. The first-order valence-electron chi connectivity index (χ1n) is 12.8. The van der Waals surface area contributed by atoms with E-state index in [1.165, 1.54) is 19.6 Å². The highest BCUT2D eigenvalue weighted by Crippen LogP contribution is 2.51. The second-order valence-corrected chi connectivity index (χ2v) is 11.8. The van der Waals surface area contributed by atoms with Gasteiger partial charge in [-0.15, -0.1) is 0 Å². The molecule has 0 radical (unpaired) electrons. The smallest absolute Gasteiger partial charge is 0.123 e. The van der Waals surface area contributed by atoms with Crippen molar-refractivity contribution < 1.29 is 4.39 Å². The van der Waals surface area contributed by atoms with Crippen LogP contribution in [-0.2, 0) is 0 Å². The minimum Gasteiger partial charge on any atom is -0.248 e. The van der Waals surface area contributed by atoms with Crippen LogP contribution in [0.25, 0.3) is 54.8 Å². The largest absolute Gasteiger partial charge is 0.248 e. The molecule has 184 valence electrons. The van der Waals surface area contributed by atoms with Crippen LogP contribution in [0.15, 0.2) is 141 Å². The van der Waals surface area contributed by atoms with Gasteiger partial charge in [0, 0.05) is 30.7 Å². The van der Waals surface area contributed by atoms with E-state index in [2.05, 4.69) is 97.1 Å². The molecule has 0 aliphatic carbocycles. The van der Waals surface area contributed by atoms with E-state index in [0.717, 1.165) is 54.8 Å². The van der Waals surface area contributed by atoms with Gasteiger partial charge in [0.2, 0.25) is 0 Å². The van der Waals surface area contributed by atoms with Crippen molar-refractivity contribution in [1.82, 2.24) is 4.98 Å². The van der Waals surface area contributed by atoms with E-state index < -0.39 is 0 Å². The minimum absolute atomic E-state index is 0.220. The van der Waals surface area contributed by atoms with Crippen LogP contribution in [0, 0.1) is 5.82 Å². The lowest BCUT2D eigenvalue weighted by Crippen LogP contribution is -1.94. The van der Waals surface area contributed by atoms with Crippen LogP contribution < -0.4 is 0 Å². The zero-order valence-electron chi connectivity index (χ0n) is 20.7. The molecular formula is C35H20FNS2. The van der Waals surface area contributed by atoms with Gasteiger partial charge in [-0.1, -0.05) is 96.3 Å². The molecule has 0 fully saturated rings. The molecule has 1 aliphatic heterocycles. The first kappa shape index (κ1) is 22.8. The Labute approximate surface area is 233 Å². The lowest BCUT2D eigenvalue weighted by Gasteiger charge is -2.20. The summed E-state index contributed by atoms with van der Waals surface area (Å²) in [6.07, 6.45) is 0. The van der Waals surface area contributed by atoms with Gasteiger partial charge in [-0.3, -0.25) is 0 Å². The summed E-state index contributed by atoms with van der Waals surface area (Å²) in [6, 6.07) is 41.2. The van der Waals surface area contributed by atoms with Crippen molar-refractivity contribution in [3.8, 4) is 22.5 Å². The van der Waals surface area contributed by atoms with Crippen LogP contribution in [0.5, 0.6) is 0 Å². The summed E-state index contributed by atoms with van der Waals surface area (Å²) in [5, 5.41) is 6.45. The highest BCUT2D eigenvalue weighted by Gasteiger charge is 2.21. The van der Waals surface area contributed by atoms with E-state index in [1.54, 1.807) is 12.1 Å². The summed E-state index contributed by atoms with van der Waals surface area (Å²) in [5.74, 6) is -0.220. The molecule has 0 N–H and O–H groups in total. The minimum atomic E-state index is -0.220. The summed E-state index contributed by atoms with van der Waals surface area (Å²) in [5.41, 5.74) is 4.07. The Hall–Kier alpha value is -4.12. The van der Waals surface area contributed by atoms with Gasteiger partial charge in [0.05, 0.1) is 11.4 Å². The molecule has 0 amide bonds. The molecule has 6 aromatic carbocycles. The van der Waals surface area contributed by atoms with E-state index in [0.29, 0.717) is 0 Å². The topological polar surface area (TPSA) is 12.9 Å². The maximum absolute atomic E-state index is 14.3. The Morgan fingerprint density at radius 3 is 1.95 bits per heavy atom. The van der Waals surface area contributed by atoms with Gasteiger partial charge < -0.3 is 0 Å². The number of benzene rings is 6. The fourth-order valence-corrected chi connectivity index (χ4v) is 7.97. The molecule has 0 unspecified atom stereocenters. The molecule has 0 saturated heterocycles. The van der Waals surface area contributed by atoms with Crippen LogP contribution >= 0.6 is 23.5 Å². The van der Waals surface area contributed by atoms with Crippen molar-refractivity contribution >= 4 is 55.8 Å². The highest BCUT2D eigenvalue weighted by atomic mass is 32.2. The van der Waals surface area contributed by atoms with E-state index in [9.17, 15) is 4.39 Å². The third-order valence-corrected chi connectivity index (χ3v) is 9.99.